The van der Waals surface area contributed by atoms with Gasteiger partial charge in [0, 0.05) is 17.0 Å². The van der Waals surface area contributed by atoms with Gasteiger partial charge in [-0.2, -0.15) is 4.31 Å². The number of nitrogens with zero attached hydrogens (tertiary/aromatic N) is 1. The fourth-order valence-corrected chi connectivity index (χ4v) is 6.39. The molecule has 1 aliphatic heterocycles. The van der Waals surface area contributed by atoms with E-state index in [2.05, 4.69) is 10.6 Å². The summed E-state index contributed by atoms with van der Waals surface area (Å²) >= 11 is 5.97. The number of furan rings is 1. The number of halogens is 1. The molecule has 2 amide bonds. The fourth-order valence-electron chi connectivity index (χ4n) is 4.64. The molecule has 3 aromatic rings. The lowest BCUT2D eigenvalue weighted by Crippen LogP contribution is -2.52. The van der Waals surface area contributed by atoms with Crippen molar-refractivity contribution in [2.75, 3.05) is 20.2 Å². The Labute approximate surface area is 238 Å². The first-order valence-electron chi connectivity index (χ1n) is 13.0. The van der Waals surface area contributed by atoms with E-state index in [0.717, 1.165) is 4.31 Å². The zero-order valence-electron chi connectivity index (χ0n) is 22.5. The lowest BCUT2D eigenvalue weighted by atomic mass is 10.0. The zero-order valence-corrected chi connectivity index (χ0v) is 24.0. The summed E-state index contributed by atoms with van der Waals surface area (Å²) in [4.78, 5) is 39.5. The van der Waals surface area contributed by atoms with Crippen molar-refractivity contribution >= 4 is 50.2 Å². The number of benzene rings is 2. The van der Waals surface area contributed by atoms with E-state index in [1.54, 1.807) is 30.3 Å². The third kappa shape index (κ3) is 6.65. The highest BCUT2D eigenvalue weighted by atomic mass is 35.5. The van der Waals surface area contributed by atoms with Crippen LogP contribution in [0.4, 0.5) is 0 Å². The maximum Gasteiger partial charge on any atom is 0.287 e. The minimum atomic E-state index is -3.95. The van der Waals surface area contributed by atoms with Gasteiger partial charge in [0.15, 0.2) is 22.9 Å². The number of nitrogens with one attached hydrogen (secondary N) is 2. The number of rotatable bonds is 9. The number of amides is 2. The van der Waals surface area contributed by atoms with Gasteiger partial charge in [-0.1, -0.05) is 43.6 Å². The molecule has 1 unspecified atom stereocenters. The molecule has 40 heavy (non-hydrogen) atoms. The lowest BCUT2D eigenvalue weighted by molar-refractivity contribution is -0.129. The fraction of sp³-hybridized carbons (Fsp3) is 0.393. The molecule has 2 atom stereocenters. The number of hydrogen-bond donors (Lipinski definition) is 2. The normalized spacial score (nSPS) is 17.4. The molecule has 1 aliphatic rings. The Balaban J connectivity index is 1.46. The Morgan fingerprint density at radius 1 is 1.18 bits per heavy atom. The van der Waals surface area contributed by atoms with E-state index in [4.69, 9.17) is 20.8 Å². The minimum Gasteiger partial charge on any atom is -0.493 e. The van der Waals surface area contributed by atoms with Gasteiger partial charge >= 0.3 is 0 Å². The maximum absolute atomic E-state index is 13.3. The van der Waals surface area contributed by atoms with Gasteiger partial charge in [0.05, 0.1) is 24.6 Å². The molecular formula is C28H32ClN3O7S. The summed E-state index contributed by atoms with van der Waals surface area (Å²) in [6.07, 6.45) is 0.938. The summed E-state index contributed by atoms with van der Waals surface area (Å²) in [7, 11) is -2.45. The monoisotopic (exact) mass is 589 g/mol. The number of hydrogen-bond acceptors (Lipinski definition) is 7. The van der Waals surface area contributed by atoms with Crippen LogP contribution in [0, 0.1) is 5.92 Å². The van der Waals surface area contributed by atoms with E-state index < -0.39 is 39.7 Å². The molecule has 0 aliphatic carbocycles. The average molecular weight is 590 g/mol. The first-order chi connectivity index (χ1) is 19.0. The second-order valence-electron chi connectivity index (χ2n) is 10.1. The highest BCUT2D eigenvalue weighted by Gasteiger charge is 2.34. The number of methoxy groups -OCH3 is 1. The van der Waals surface area contributed by atoms with Gasteiger partial charge in [-0.05, 0) is 55.5 Å². The largest absolute Gasteiger partial charge is 0.493 e. The molecule has 10 nitrogen and oxygen atoms in total. The van der Waals surface area contributed by atoms with Crippen LogP contribution in [0.3, 0.4) is 0 Å². The van der Waals surface area contributed by atoms with Gasteiger partial charge in [0.25, 0.3) is 5.91 Å². The predicted molar refractivity (Wildman–Crippen MR) is 150 cm³/mol. The maximum atomic E-state index is 13.3. The molecule has 0 bridgehead atoms. The lowest BCUT2D eigenvalue weighted by Gasteiger charge is -2.23. The van der Waals surface area contributed by atoms with E-state index in [9.17, 15) is 22.8 Å². The molecule has 2 N–H and O–H groups in total. The standard InChI is InChI=1S/C28H32ClN3O7S/c1-17(2)13-22(31-28(35)25-14-18-7-4-11-24(38-3)26(18)39-25)27(34)30-21-10-6-12-32(16-23(21)33)40(36,37)20-9-5-8-19(29)15-20/h4-5,7-9,11,14-15,17,21-22H,6,10,12-13,16H2,1-3H3,(H,30,34)(H,31,35)/t21?,22-/m0/s1. The molecule has 2 heterocycles. The number of para-hydroxylation sites is 1. The van der Waals surface area contributed by atoms with Gasteiger partial charge in [0.1, 0.15) is 6.04 Å². The highest BCUT2D eigenvalue weighted by molar-refractivity contribution is 7.89. The van der Waals surface area contributed by atoms with Crippen LogP contribution in [-0.2, 0) is 19.6 Å². The van der Waals surface area contributed by atoms with Crippen LogP contribution >= 0.6 is 11.6 Å². The van der Waals surface area contributed by atoms with Gasteiger partial charge in [-0.15, -0.1) is 0 Å². The number of fused-ring (bicyclic) bond motifs is 1. The number of carbonyl (C=O) groups excluding carboxylic acids is 3. The molecule has 0 saturated carbocycles. The van der Waals surface area contributed by atoms with E-state index in [0.29, 0.717) is 29.6 Å². The topological polar surface area (TPSA) is 135 Å². The predicted octanol–water partition coefficient (Wildman–Crippen LogP) is 3.78. The molecule has 0 radical (unpaired) electrons. The van der Waals surface area contributed by atoms with Crippen molar-refractivity contribution in [3.63, 3.8) is 0 Å². The van der Waals surface area contributed by atoms with Crippen molar-refractivity contribution in [3.05, 3.63) is 59.3 Å². The summed E-state index contributed by atoms with van der Waals surface area (Å²) in [6.45, 7) is 3.55. The summed E-state index contributed by atoms with van der Waals surface area (Å²) < 4.78 is 38.4. The highest BCUT2D eigenvalue weighted by Crippen LogP contribution is 2.28. The second-order valence-corrected chi connectivity index (χ2v) is 12.5. The number of ketones is 1. The Hall–Kier alpha value is -3.41. The third-order valence-corrected chi connectivity index (χ3v) is 8.73. The van der Waals surface area contributed by atoms with Crippen molar-refractivity contribution < 1.29 is 32.0 Å². The smallest absolute Gasteiger partial charge is 0.287 e. The minimum absolute atomic E-state index is 0.00166. The van der Waals surface area contributed by atoms with Crippen LogP contribution in [0.25, 0.3) is 11.0 Å². The summed E-state index contributed by atoms with van der Waals surface area (Å²) in [6, 6.07) is 10.9. The molecule has 1 aromatic heterocycles. The number of ether oxygens (including phenoxy) is 1. The van der Waals surface area contributed by atoms with Crippen LogP contribution in [0.1, 0.15) is 43.7 Å². The first-order valence-corrected chi connectivity index (χ1v) is 14.8. The van der Waals surface area contributed by atoms with Crippen molar-refractivity contribution in [2.24, 2.45) is 5.92 Å². The molecule has 0 spiro atoms. The molecule has 1 fully saturated rings. The molecular weight excluding hydrogens is 558 g/mol. The van der Waals surface area contributed by atoms with Gasteiger partial charge in [-0.25, -0.2) is 8.42 Å². The van der Waals surface area contributed by atoms with Crippen molar-refractivity contribution in [3.8, 4) is 5.75 Å². The van der Waals surface area contributed by atoms with E-state index in [-0.39, 0.29) is 41.1 Å². The Morgan fingerprint density at radius 3 is 2.62 bits per heavy atom. The van der Waals surface area contributed by atoms with Crippen LogP contribution in [0.5, 0.6) is 5.75 Å². The second kappa shape index (κ2) is 12.4. The molecule has 2 aromatic carbocycles. The van der Waals surface area contributed by atoms with Crippen molar-refractivity contribution in [2.45, 2.75) is 50.1 Å². The Morgan fingerprint density at radius 2 is 1.93 bits per heavy atom. The Bertz CT molecular complexity index is 1520. The summed E-state index contributed by atoms with van der Waals surface area (Å²) in [5.74, 6) is -0.990. The molecule has 4 rings (SSSR count). The molecule has 12 heteroatoms. The van der Waals surface area contributed by atoms with Crippen LogP contribution in [0.15, 0.2) is 57.8 Å². The molecule has 214 valence electrons. The van der Waals surface area contributed by atoms with Gasteiger partial charge < -0.3 is 19.8 Å². The van der Waals surface area contributed by atoms with Crippen LogP contribution < -0.4 is 15.4 Å². The van der Waals surface area contributed by atoms with Crippen LogP contribution in [-0.4, -0.2) is 62.6 Å². The third-order valence-electron chi connectivity index (χ3n) is 6.65. The van der Waals surface area contributed by atoms with Crippen molar-refractivity contribution in [1.82, 2.24) is 14.9 Å². The quantitative estimate of drug-likeness (QED) is 0.388. The van der Waals surface area contributed by atoms with Gasteiger partial charge in [0.2, 0.25) is 15.9 Å². The summed E-state index contributed by atoms with van der Waals surface area (Å²) in [5.41, 5.74) is 0.418. The summed E-state index contributed by atoms with van der Waals surface area (Å²) in [5, 5.41) is 6.41. The van der Waals surface area contributed by atoms with E-state index in [1.165, 1.54) is 25.3 Å². The van der Waals surface area contributed by atoms with Gasteiger partial charge in [-0.3, -0.25) is 14.4 Å². The van der Waals surface area contributed by atoms with E-state index in [1.807, 2.05) is 13.8 Å². The van der Waals surface area contributed by atoms with E-state index >= 15 is 0 Å². The molecule has 1 saturated heterocycles. The SMILES string of the molecule is COc1cccc2cc(C(=O)N[C@@H](CC(C)C)C(=O)NC3CCCN(S(=O)(=O)c4cccc(Cl)c4)CC3=O)oc12. The number of Topliss-reactive ketones (excluding diaryl/α,β-unsaturated/α-hetero) is 1. The number of sulfonamides is 1. The zero-order chi connectivity index (χ0) is 29.0. The average Bonchev–Trinajstić information content (AvgIpc) is 3.27. The first kappa shape index (κ1) is 29.6. The van der Waals surface area contributed by atoms with Crippen LogP contribution in [0.2, 0.25) is 5.02 Å². The number of carbonyl (C=O) groups is 3. The Kier molecular flexibility index (Phi) is 9.17. The van der Waals surface area contributed by atoms with Crippen molar-refractivity contribution in [1.29, 1.82) is 0 Å².